The Hall–Kier alpha value is -6.32. The lowest BCUT2D eigenvalue weighted by Gasteiger charge is -2.33. The van der Waals surface area contributed by atoms with Crippen LogP contribution in [0.15, 0.2) is 66.7 Å². The molecule has 1 aliphatic carbocycles. The van der Waals surface area contributed by atoms with Gasteiger partial charge in [0.05, 0.1) is 0 Å². The molecule has 5 amide bonds. The molecule has 1 saturated carbocycles. The van der Waals surface area contributed by atoms with Crippen molar-refractivity contribution in [2.75, 3.05) is 25.0 Å². The number of aromatic nitrogens is 4. The number of carbonyl (C=O) groups is 5. The molecule has 6 rings (SSSR count). The van der Waals surface area contributed by atoms with E-state index in [1.54, 1.807) is 29.2 Å². The van der Waals surface area contributed by atoms with Gasteiger partial charge in [0.1, 0.15) is 17.2 Å². The van der Waals surface area contributed by atoms with Crippen LogP contribution in [0.3, 0.4) is 0 Å². The quantitative estimate of drug-likeness (QED) is 0.0988. The van der Waals surface area contributed by atoms with E-state index < -0.39 is 23.3 Å². The highest BCUT2D eigenvalue weighted by molar-refractivity contribution is 5.98. The van der Waals surface area contributed by atoms with Crippen LogP contribution < -0.4 is 21.3 Å². The summed E-state index contributed by atoms with van der Waals surface area (Å²) in [4.78, 5) is 67.6. The summed E-state index contributed by atoms with van der Waals surface area (Å²) in [5.74, 6) is -0.336. The van der Waals surface area contributed by atoms with Gasteiger partial charge >= 0.3 is 12.2 Å². The molecule has 16 heteroatoms. The largest absolute Gasteiger partial charge is 0.444 e. The molecule has 16 nitrogen and oxygen atoms in total. The average molecular weight is 864 g/mol. The Morgan fingerprint density at radius 2 is 1.44 bits per heavy atom. The zero-order chi connectivity index (χ0) is 45.3. The molecule has 1 atom stereocenters. The minimum atomic E-state index is -0.878. The zero-order valence-corrected chi connectivity index (χ0v) is 37.4. The fraction of sp³-hybridized carbons (Fsp3) is 0.489. The minimum Gasteiger partial charge on any atom is -0.444 e. The van der Waals surface area contributed by atoms with Crippen molar-refractivity contribution in [1.82, 2.24) is 41.5 Å². The van der Waals surface area contributed by atoms with Gasteiger partial charge in [-0.3, -0.25) is 14.4 Å². The molecule has 336 valence electrons. The van der Waals surface area contributed by atoms with Crippen LogP contribution in [0, 0.1) is 18.8 Å². The van der Waals surface area contributed by atoms with Crippen molar-refractivity contribution in [3.63, 3.8) is 0 Å². The van der Waals surface area contributed by atoms with Gasteiger partial charge in [-0.1, -0.05) is 30.3 Å². The van der Waals surface area contributed by atoms with Crippen LogP contribution in [0.25, 0.3) is 22.5 Å². The summed E-state index contributed by atoms with van der Waals surface area (Å²) >= 11 is 0. The van der Waals surface area contributed by atoms with E-state index in [1.165, 1.54) is 0 Å². The molecular formula is C47H61N9O7. The molecule has 0 spiro atoms. The van der Waals surface area contributed by atoms with Crippen molar-refractivity contribution < 1.29 is 33.4 Å². The molecule has 2 heterocycles. The Kier molecular flexibility index (Phi) is 14.8. The van der Waals surface area contributed by atoms with Gasteiger partial charge < -0.3 is 35.6 Å². The van der Waals surface area contributed by atoms with E-state index in [0.717, 1.165) is 40.7 Å². The van der Waals surface area contributed by atoms with Crippen molar-refractivity contribution in [1.29, 1.82) is 0 Å². The summed E-state index contributed by atoms with van der Waals surface area (Å²) < 4.78 is 10.9. The number of aryl methyl sites for hydroxylation is 1. The van der Waals surface area contributed by atoms with Crippen molar-refractivity contribution in [2.45, 2.75) is 117 Å². The van der Waals surface area contributed by atoms with Crippen LogP contribution in [-0.2, 0) is 25.5 Å². The van der Waals surface area contributed by atoms with Crippen LogP contribution in [-0.4, -0.2) is 98.4 Å². The molecule has 1 aromatic heterocycles. The lowest BCUT2D eigenvalue weighted by molar-refractivity contribution is -0.130. The molecule has 2 fully saturated rings. The smallest absolute Gasteiger partial charge is 0.410 e. The number of piperidine rings is 1. The number of carbonyl (C=O) groups excluding carboxylic acids is 5. The zero-order valence-electron chi connectivity index (χ0n) is 37.4. The van der Waals surface area contributed by atoms with Gasteiger partial charge in [-0.25, -0.2) is 9.59 Å². The Labute approximate surface area is 369 Å². The second-order valence-electron chi connectivity index (χ2n) is 18.7. The average Bonchev–Trinajstić information content (AvgIpc) is 3.78. The molecule has 0 radical (unpaired) electrons. The van der Waals surface area contributed by atoms with Gasteiger partial charge in [-0.2, -0.15) is 5.21 Å². The van der Waals surface area contributed by atoms with E-state index in [9.17, 15) is 24.0 Å². The number of tetrazole rings is 1. The number of hydrogen-bond acceptors (Lipinski definition) is 10. The molecule has 63 heavy (non-hydrogen) atoms. The fourth-order valence-electron chi connectivity index (χ4n) is 7.84. The van der Waals surface area contributed by atoms with Gasteiger partial charge in [-0.15, -0.1) is 10.2 Å². The Morgan fingerprint density at radius 3 is 2.06 bits per heavy atom. The summed E-state index contributed by atoms with van der Waals surface area (Å²) in [6.07, 6.45) is 3.51. The number of likely N-dealkylation sites (tertiary alicyclic amines) is 1. The number of anilines is 1. The highest BCUT2D eigenvalue weighted by Gasteiger charge is 2.31. The van der Waals surface area contributed by atoms with E-state index in [0.29, 0.717) is 62.4 Å². The maximum absolute atomic E-state index is 13.9. The molecule has 0 bridgehead atoms. The van der Waals surface area contributed by atoms with Crippen LogP contribution >= 0.6 is 0 Å². The van der Waals surface area contributed by atoms with E-state index >= 15 is 0 Å². The number of ether oxygens (including phenoxy) is 2. The number of nitrogens with zero attached hydrogens (tertiary/aromatic N) is 4. The van der Waals surface area contributed by atoms with Crippen LogP contribution in [0.1, 0.15) is 102 Å². The van der Waals surface area contributed by atoms with Gasteiger partial charge in [0.15, 0.2) is 0 Å². The summed E-state index contributed by atoms with van der Waals surface area (Å²) in [7, 11) is 0. The number of nitrogens with one attached hydrogen (secondary N) is 5. The minimum absolute atomic E-state index is 0.0655. The predicted molar refractivity (Wildman–Crippen MR) is 238 cm³/mol. The van der Waals surface area contributed by atoms with E-state index in [4.69, 9.17) is 9.47 Å². The first-order valence-corrected chi connectivity index (χ1v) is 21.8. The van der Waals surface area contributed by atoms with Crippen molar-refractivity contribution in [3.8, 4) is 22.5 Å². The third-order valence-electron chi connectivity index (χ3n) is 11.1. The lowest BCUT2D eigenvalue weighted by Crippen LogP contribution is -2.48. The number of aromatic amines is 1. The standard InChI is InChI=1S/C47H61N9O7/c1-29-24-35(27-36(25-29)42(58)49-38-20-22-56(23-21-38)45(61)63-47(5,6)7)32-12-8-30(9-13-32)26-39(43(59)50-37-18-16-33(17-19-37)40-52-54-55-53-40)51-41(57)34-14-10-31(11-15-34)28-48-44(60)62-46(2,3)4/h8-9,12-13,16-19,24-25,27,31,34,38-39H,10-11,14-15,20-23,26,28H2,1-7H3,(H,48,60)(H,49,58)(H,50,59)(H,51,57)(H,52,53,54,55)/t31-,34-,39-/m0/s1. The number of benzene rings is 3. The summed E-state index contributed by atoms with van der Waals surface area (Å²) in [5, 5.41) is 26.1. The maximum Gasteiger partial charge on any atom is 0.410 e. The van der Waals surface area contributed by atoms with Gasteiger partial charge in [-0.05, 0) is 157 Å². The molecular weight excluding hydrogens is 803 g/mol. The third kappa shape index (κ3) is 13.8. The lowest BCUT2D eigenvalue weighted by atomic mass is 9.81. The molecule has 3 aromatic carbocycles. The highest BCUT2D eigenvalue weighted by atomic mass is 16.6. The first-order valence-electron chi connectivity index (χ1n) is 21.8. The topological polar surface area (TPSA) is 210 Å². The second-order valence-corrected chi connectivity index (χ2v) is 18.7. The van der Waals surface area contributed by atoms with Gasteiger partial charge in [0.25, 0.3) is 5.91 Å². The number of rotatable bonds is 12. The molecule has 1 aliphatic heterocycles. The second kappa shape index (κ2) is 20.2. The highest BCUT2D eigenvalue weighted by Crippen LogP contribution is 2.30. The molecule has 2 aliphatic rings. The number of H-pyrrole nitrogens is 1. The SMILES string of the molecule is Cc1cc(C(=O)NC2CCN(C(=O)OC(C)(C)C)CC2)cc(-c2ccc(C[C@H](NC(=O)[C@H]3CC[C@H](CNC(=O)OC(C)(C)C)CC3)C(=O)Nc3ccc(-c4nn[nH]n4)cc3)cc2)c1. The summed E-state index contributed by atoms with van der Waals surface area (Å²) in [5.41, 5.74) is 4.20. The van der Waals surface area contributed by atoms with Crippen molar-refractivity contribution >= 4 is 35.6 Å². The van der Waals surface area contributed by atoms with E-state index in [1.807, 2.05) is 90.9 Å². The maximum atomic E-state index is 13.9. The molecule has 5 N–H and O–H groups in total. The normalized spacial score (nSPS) is 17.5. The Morgan fingerprint density at radius 1 is 0.794 bits per heavy atom. The number of amides is 5. The van der Waals surface area contributed by atoms with Gasteiger partial charge in [0.2, 0.25) is 17.6 Å². The number of alkyl carbamates (subject to hydrolysis) is 1. The van der Waals surface area contributed by atoms with Crippen LogP contribution in [0.4, 0.5) is 15.3 Å². The fourth-order valence-corrected chi connectivity index (χ4v) is 7.84. The molecule has 1 saturated heterocycles. The first kappa shape index (κ1) is 46.2. The Bertz CT molecular complexity index is 2200. The van der Waals surface area contributed by atoms with Gasteiger partial charge in [0, 0.05) is 54.8 Å². The molecule has 0 unspecified atom stereocenters. The molecule has 4 aromatic rings. The summed E-state index contributed by atoms with van der Waals surface area (Å²) in [6, 6.07) is 19.6. The predicted octanol–water partition coefficient (Wildman–Crippen LogP) is 6.97. The van der Waals surface area contributed by atoms with Crippen LogP contribution in [0.2, 0.25) is 0 Å². The Balaban J connectivity index is 1.09. The number of hydrogen-bond donors (Lipinski definition) is 5. The third-order valence-corrected chi connectivity index (χ3v) is 11.1. The van der Waals surface area contributed by atoms with Crippen molar-refractivity contribution in [2.24, 2.45) is 11.8 Å². The van der Waals surface area contributed by atoms with E-state index in [-0.39, 0.29) is 48.1 Å². The monoisotopic (exact) mass is 863 g/mol. The first-order chi connectivity index (χ1) is 29.9. The van der Waals surface area contributed by atoms with Crippen molar-refractivity contribution in [3.05, 3.63) is 83.4 Å². The van der Waals surface area contributed by atoms with E-state index in [2.05, 4.69) is 41.9 Å². The van der Waals surface area contributed by atoms with Crippen LogP contribution in [0.5, 0.6) is 0 Å². The summed E-state index contributed by atoms with van der Waals surface area (Å²) in [6.45, 7) is 14.4.